The highest BCUT2D eigenvalue weighted by molar-refractivity contribution is 5.14. The number of hydrogen-bond acceptors (Lipinski definition) is 2. The van der Waals surface area contributed by atoms with E-state index in [0.717, 1.165) is 19.4 Å². The van der Waals surface area contributed by atoms with Crippen molar-refractivity contribution in [3.05, 3.63) is 35.9 Å². The number of benzene rings is 1. The van der Waals surface area contributed by atoms with Gasteiger partial charge in [-0.1, -0.05) is 43.7 Å². The van der Waals surface area contributed by atoms with Crippen molar-refractivity contribution in [2.75, 3.05) is 0 Å². The molecule has 0 amide bonds. The van der Waals surface area contributed by atoms with Gasteiger partial charge in [-0.05, 0) is 12.0 Å². The molecule has 14 heavy (non-hydrogen) atoms. The van der Waals surface area contributed by atoms with Gasteiger partial charge in [0.2, 0.25) is 0 Å². The summed E-state index contributed by atoms with van der Waals surface area (Å²) in [7, 11) is 0. The van der Waals surface area contributed by atoms with Gasteiger partial charge in [0.05, 0.1) is 12.1 Å². The van der Waals surface area contributed by atoms with E-state index >= 15 is 0 Å². The molecule has 0 bridgehead atoms. The van der Waals surface area contributed by atoms with E-state index in [0.29, 0.717) is 0 Å². The molecule has 74 valence electrons. The van der Waals surface area contributed by atoms with E-state index in [1.807, 2.05) is 18.2 Å². The van der Waals surface area contributed by atoms with E-state index in [2.05, 4.69) is 30.4 Å². The molecule has 1 N–H and O–H groups in total. The standard InChI is InChI=1S/C12H16N2/c1-2-6-12(9-13)14-10-11-7-4-3-5-8-11/h3-5,7-8,12,14H,2,6,10H2,1H3. The monoisotopic (exact) mass is 188 g/mol. The lowest BCUT2D eigenvalue weighted by atomic mass is 10.1. The second kappa shape index (κ2) is 6.17. The first-order valence-corrected chi connectivity index (χ1v) is 5.03. The lowest BCUT2D eigenvalue weighted by Gasteiger charge is -2.09. The van der Waals surface area contributed by atoms with Gasteiger partial charge in [0.1, 0.15) is 0 Å². The van der Waals surface area contributed by atoms with Crippen LogP contribution in [0.4, 0.5) is 0 Å². The maximum Gasteiger partial charge on any atom is 0.0955 e. The molecule has 1 atom stereocenters. The molecule has 1 unspecified atom stereocenters. The van der Waals surface area contributed by atoms with E-state index in [4.69, 9.17) is 5.26 Å². The highest BCUT2D eigenvalue weighted by Gasteiger charge is 2.03. The highest BCUT2D eigenvalue weighted by Crippen LogP contribution is 2.00. The Labute approximate surface area is 85.6 Å². The first-order chi connectivity index (χ1) is 6.86. The topological polar surface area (TPSA) is 35.8 Å². The predicted molar refractivity (Wildman–Crippen MR) is 57.6 cm³/mol. The molecule has 0 spiro atoms. The van der Waals surface area contributed by atoms with Crippen molar-refractivity contribution in [3.8, 4) is 6.07 Å². The van der Waals surface area contributed by atoms with E-state index in [-0.39, 0.29) is 6.04 Å². The van der Waals surface area contributed by atoms with Gasteiger partial charge in [-0.3, -0.25) is 5.32 Å². The molecular weight excluding hydrogens is 172 g/mol. The SMILES string of the molecule is CCCC(C#N)NCc1ccccc1. The van der Waals surface area contributed by atoms with Crippen molar-refractivity contribution in [3.63, 3.8) is 0 Å². The second-order valence-corrected chi connectivity index (χ2v) is 3.34. The molecule has 1 aromatic rings. The Morgan fingerprint density at radius 1 is 1.36 bits per heavy atom. The van der Waals surface area contributed by atoms with Crippen LogP contribution in [0.15, 0.2) is 30.3 Å². The largest absolute Gasteiger partial charge is 0.298 e. The Hall–Kier alpha value is -1.33. The van der Waals surface area contributed by atoms with Gasteiger partial charge in [0.25, 0.3) is 0 Å². The molecule has 0 aliphatic heterocycles. The minimum absolute atomic E-state index is 0.0137. The van der Waals surface area contributed by atoms with Crippen molar-refractivity contribution in [1.29, 1.82) is 5.26 Å². The molecule has 0 aromatic heterocycles. The highest BCUT2D eigenvalue weighted by atomic mass is 14.9. The summed E-state index contributed by atoms with van der Waals surface area (Å²) < 4.78 is 0. The Bertz CT molecular complexity index is 287. The molecule has 2 heteroatoms. The third-order valence-electron chi connectivity index (χ3n) is 2.13. The molecule has 0 aliphatic carbocycles. The third kappa shape index (κ3) is 3.59. The number of rotatable bonds is 5. The summed E-state index contributed by atoms with van der Waals surface area (Å²) in [6.45, 7) is 2.87. The Morgan fingerprint density at radius 3 is 2.64 bits per heavy atom. The number of nitriles is 1. The molecule has 2 nitrogen and oxygen atoms in total. The van der Waals surface area contributed by atoms with E-state index in [1.165, 1.54) is 5.56 Å². The minimum atomic E-state index is -0.0137. The lowest BCUT2D eigenvalue weighted by Crippen LogP contribution is -2.26. The van der Waals surface area contributed by atoms with Crippen molar-refractivity contribution >= 4 is 0 Å². The number of nitrogens with zero attached hydrogens (tertiary/aromatic N) is 1. The molecule has 0 aliphatic rings. The molecule has 1 aromatic carbocycles. The minimum Gasteiger partial charge on any atom is -0.298 e. The zero-order valence-corrected chi connectivity index (χ0v) is 8.53. The summed E-state index contributed by atoms with van der Waals surface area (Å²) in [5, 5.41) is 12.0. The fourth-order valence-corrected chi connectivity index (χ4v) is 1.34. The molecule has 1 rings (SSSR count). The van der Waals surface area contributed by atoms with Gasteiger partial charge in [0.15, 0.2) is 0 Å². The van der Waals surface area contributed by atoms with Crippen molar-refractivity contribution < 1.29 is 0 Å². The Balaban J connectivity index is 2.37. The average molecular weight is 188 g/mol. The van der Waals surface area contributed by atoms with Crippen LogP contribution < -0.4 is 5.32 Å². The molecule has 0 fully saturated rings. The summed E-state index contributed by atoms with van der Waals surface area (Å²) in [5.41, 5.74) is 1.23. The molecule has 0 radical (unpaired) electrons. The summed E-state index contributed by atoms with van der Waals surface area (Å²) >= 11 is 0. The number of nitrogens with one attached hydrogen (secondary N) is 1. The molecular formula is C12H16N2. The average Bonchev–Trinajstić information content (AvgIpc) is 2.25. The second-order valence-electron chi connectivity index (χ2n) is 3.34. The van der Waals surface area contributed by atoms with Gasteiger partial charge in [-0.15, -0.1) is 0 Å². The Kier molecular flexibility index (Phi) is 4.74. The number of hydrogen-bond donors (Lipinski definition) is 1. The fraction of sp³-hybridized carbons (Fsp3) is 0.417. The zero-order chi connectivity index (χ0) is 10.2. The predicted octanol–water partition coefficient (Wildman–Crippen LogP) is 2.47. The molecule has 0 saturated heterocycles. The summed E-state index contributed by atoms with van der Waals surface area (Å²) in [5.74, 6) is 0. The van der Waals surface area contributed by atoms with Crippen LogP contribution in [-0.2, 0) is 6.54 Å². The van der Waals surface area contributed by atoms with Gasteiger partial charge < -0.3 is 0 Å². The first kappa shape index (κ1) is 10.7. The van der Waals surface area contributed by atoms with Crippen LogP contribution in [0.25, 0.3) is 0 Å². The van der Waals surface area contributed by atoms with Gasteiger partial charge >= 0.3 is 0 Å². The van der Waals surface area contributed by atoms with Crippen molar-refractivity contribution in [2.24, 2.45) is 0 Å². The summed E-state index contributed by atoms with van der Waals surface area (Å²) in [6, 6.07) is 12.4. The Morgan fingerprint density at radius 2 is 2.07 bits per heavy atom. The van der Waals surface area contributed by atoms with E-state index in [9.17, 15) is 0 Å². The zero-order valence-electron chi connectivity index (χ0n) is 8.53. The fourth-order valence-electron chi connectivity index (χ4n) is 1.34. The van der Waals surface area contributed by atoms with Crippen LogP contribution in [0, 0.1) is 11.3 Å². The first-order valence-electron chi connectivity index (χ1n) is 5.03. The maximum atomic E-state index is 8.82. The summed E-state index contributed by atoms with van der Waals surface area (Å²) in [4.78, 5) is 0. The van der Waals surface area contributed by atoms with E-state index in [1.54, 1.807) is 0 Å². The van der Waals surface area contributed by atoms with E-state index < -0.39 is 0 Å². The normalized spacial score (nSPS) is 12.0. The van der Waals surface area contributed by atoms with Crippen molar-refractivity contribution in [2.45, 2.75) is 32.4 Å². The van der Waals surface area contributed by atoms with Crippen molar-refractivity contribution in [1.82, 2.24) is 5.32 Å². The van der Waals surface area contributed by atoms with Crippen LogP contribution >= 0.6 is 0 Å². The third-order valence-corrected chi connectivity index (χ3v) is 2.13. The van der Waals surface area contributed by atoms with Gasteiger partial charge in [0, 0.05) is 6.54 Å². The smallest absolute Gasteiger partial charge is 0.0955 e. The van der Waals surface area contributed by atoms with Gasteiger partial charge in [-0.2, -0.15) is 5.26 Å². The molecule has 0 heterocycles. The van der Waals surface area contributed by atoms with Gasteiger partial charge in [-0.25, -0.2) is 0 Å². The lowest BCUT2D eigenvalue weighted by molar-refractivity contribution is 0.558. The maximum absolute atomic E-state index is 8.82. The van der Waals surface area contributed by atoms with Crippen LogP contribution in [0.2, 0.25) is 0 Å². The molecule has 0 saturated carbocycles. The quantitative estimate of drug-likeness (QED) is 0.770. The van der Waals surface area contributed by atoms with Crippen LogP contribution in [0.1, 0.15) is 25.3 Å². The summed E-state index contributed by atoms with van der Waals surface area (Å²) in [6.07, 6.45) is 1.96. The van der Waals surface area contributed by atoms with Crippen LogP contribution in [-0.4, -0.2) is 6.04 Å². The van der Waals surface area contributed by atoms with Crippen LogP contribution in [0.5, 0.6) is 0 Å². The van der Waals surface area contributed by atoms with Crippen LogP contribution in [0.3, 0.4) is 0 Å².